The molecule has 2 heterocycles. The van der Waals surface area contributed by atoms with Crippen molar-refractivity contribution in [2.75, 3.05) is 9.80 Å². The smallest absolute Gasteiger partial charge is 0.335 e. The van der Waals surface area contributed by atoms with Crippen LogP contribution in [0.2, 0.25) is 0 Å². The van der Waals surface area contributed by atoms with Crippen molar-refractivity contribution in [1.29, 1.82) is 0 Å². The predicted molar refractivity (Wildman–Crippen MR) is 166 cm³/mol. The lowest BCUT2D eigenvalue weighted by molar-refractivity contribution is 0.0686. The molecule has 0 fully saturated rings. The van der Waals surface area contributed by atoms with Crippen LogP contribution in [0.4, 0.5) is 11.4 Å². The summed E-state index contributed by atoms with van der Waals surface area (Å²) in [7, 11) is 0. The molecule has 0 radical (unpaired) electrons. The average Bonchev–Trinajstić information content (AvgIpc) is 3.52. The van der Waals surface area contributed by atoms with Crippen molar-refractivity contribution in [3.63, 3.8) is 0 Å². The Hall–Kier alpha value is -5.90. The minimum absolute atomic E-state index is 0.0345. The summed E-state index contributed by atoms with van der Waals surface area (Å²) in [4.78, 5) is 78.2. The zero-order valence-corrected chi connectivity index (χ0v) is 25.0. The fraction of sp³-hybridized carbons (Fsp3) is 0.167. The van der Waals surface area contributed by atoms with E-state index in [1.807, 2.05) is 24.3 Å². The normalized spacial score (nSPS) is 19.4. The molecule has 2 aliphatic heterocycles. The summed E-state index contributed by atoms with van der Waals surface area (Å²) in [5.74, 6) is -4.66. The molecule has 228 valence electrons. The van der Waals surface area contributed by atoms with Crippen LogP contribution in [0.5, 0.6) is 0 Å². The number of anilines is 2. The van der Waals surface area contributed by atoms with E-state index in [0.717, 1.165) is 26.5 Å². The van der Waals surface area contributed by atoms with Crippen LogP contribution in [0.3, 0.4) is 0 Å². The number of carboxylic acids is 2. The second kappa shape index (κ2) is 9.55. The van der Waals surface area contributed by atoms with Gasteiger partial charge in [0.2, 0.25) is 0 Å². The summed E-state index contributed by atoms with van der Waals surface area (Å²) in [6.45, 7) is 6.30. The number of carbonyl (C=O) groups excluding carboxylic acids is 4. The van der Waals surface area contributed by atoms with Gasteiger partial charge in [0.1, 0.15) is 0 Å². The maximum Gasteiger partial charge on any atom is 0.335 e. The van der Waals surface area contributed by atoms with Crippen LogP contribution in [0.25, 0.3) is 0 Å². The average molecular weight is 615 g/mol. The first-order valence-electron chi connectivity index (χ1n) is 14.5. The maximum atomic E-state index is 13.4. The molecule has 46 heavy (non-hydrogen) atoms. The lowest BCUT2D eigenvalue weighted by atomic mass is 9.75. The lowest BCUT2D eigenvalue weighted by Crippen LogP contribution is -2.30. The summed E-state index contributed by atoms with van der Waals surface area (Å²) < 4.78 is 0. The zero-order valence-electron chi connectivity index (χ0n) is 25.0. The molecule has 10 nitrogen and oxygen atoms in total. The van der Waals surface area contributed by atoms with Gasteiger partial charge in [0, 0.05) is 5.41 Å². The first-order chi connectivity index (χ1) is 21.7. The number of amides is 4. The number of hydrogen-bond donors (Lipinski definition) is 2. The van der Waals surface area contributed by atoms with Crippen LogP contribution < -0.4 is 9.80 Å². The fourth-order valence-electron chi connectivity index (χ4n) is 7.24. The molecule has 0 unspecified atom stereocenters. The van der Waals surface area contributed by atoms with Crippen molar-refractivity contribution < 1.29 is 39.0 Å². The van der Waals surface area contributed by atoms with E-state index in [2.05, 4.69) is 20.8 Å². The Bertz CT molecular complexity index is 2110. The van der Waals surface area contributed by atoms with Crippen LogP contribution in [-0.2, 0) is 10.8 Å². The highest BCUT2D eigenvalue weighted by atomic mass is 16.4. The second-order valence-electron chi connectivity index (χ2n) is 12.7. The monoisotopic (exact) mass is 614 g/mol. The van der Waals surface area contributed by atoms with Crippen LogP contribution in [0.15, 0.2) is 78.9 Å². The van der Waals surface area contributed by atoms with Gasteiger partial charge in [-0.15, -0.1) is 0 Å². The van der Waals surface area contributed by atoms with E-state index < -0.39 is 41.0 Å². The number of benzene rings is 4. The first kappa shape index (κ1) is 28.8. The number of hydrogen-bond acceptors (Lipinski definition) is 6. The van der Waals surface area contributed by atoms with Crippen molar-refractivity contribution in [2.24, 2.45) is 0 Å². The minimum atomic E-state index is -1.20. The van der Waals surface area contributed by atoms with Gasteiger partial charge in [-0.05, 0) is 89.2 Å². The van der Waals surface area contributed by atoms with Gasteiger partial charge >= 0.3 is 11.9 Å². The Morgan fingerprint density at radius 1 is 0.565 bits per heavy atom. The summed E-state index contributed by atoms with van der Waals surface area (Å²) in [6, 6.07) is 20.3. The molecule has 0 aromatic heterocycles. The molecule has 4 aromatic rings. The van der Waals surface area contributed by atoms with Gasteiger partial charge in [0.05, 0.1) is 44.8 Å². The van der Waals surface area contributed by atoms with Crippen molar-refractivity contribution >= 4 is 46.9 Å². The van der Waals surface area contributed by atoms with Gasteiger partial charge in [-0.25, -0.2) is 19.4 Å². The largest absolute Gasteiger partial charge is 0.478 e. The SMILES string of the molecule is CC1(C)C[C@@](C)(c2ccc(N3C(=O)c4ccc(C(=O)O)cc4C3=O)cc2)c2cc(N3C(=O)c4ccc(C(=O)O)cc4C3=O)ccc21. The van der Waals surface area contributed by atoms with Crippen molar-refractivity contribution in [3.8, 4) is 0 Å². The van der Waals surface area contributed by atoms with Crippen LogP contribution in [0, 0.1) is 0 Å². The number of rotatable bonds is 5. The van der Waals surface area contributed by atoms with Gasteiger partial charge in [-0.1, -0.05) is 39.0 Å². The number of aromatic carboxylic acids is 2. The number of fused-ring (bicyclic) bond motifs is 3. The van der Waals surface area contributed by atoms with Crippen molar-refractivity contribution in [1.82, 2.24) is 0 Å². The highest BCUT2D eigenvalue weighted by Crippen LogP contribution is 2.54. The molecule has 7 rings (SSSR count). The summed E-state index contributed by atoms with van der Waals surface area (Å²) >= 11 is 0. The molecule has 10 heteroatoms. The van der Waals surface area contributed by atoms with Crippen molar-refractivity contribution in [2.45, 2.75) is 38.0 Å². The van der Waals surface area contributed by atoms with E-state index >= 15 is 0 Å². The predicted octanol–water partition coefficient (Wildman–Crippen LogP) is 5.67. The molecule has 1 atom stereocenters. The Labute approximate surface area is 262 Å². The molecule has 0 saturated carbocycles. The number of nitrogens with zero attached hydrogens (tertiary/aromatic N) is 2. The van der Waals surface area contributed by atoms with Gasteiger partial charge in [-0.2, -0.15) is 0 Å². The molecular weight excluding hydrogens is 588 g/mol. The molecule has 4 aromatic carbocycles. The molecule has 2 N–H and O–H groups in total. The van der Waals surface area contributed by atoms with Gasteiger partial charge in [0.25, 0.3) is 23.6 Å². The number of carboxylic acid groups (broad SMARTS) is 2. The highest BCUT2D eigenvalue weighted by molar-refractivity contribution is 6.35. The third-order valence-electron chi connectivity index (χ3n) is 9.41. The molecule has 1 aliphatic carbocycles. The highest BCUT2D eigenvalue weighted by Gasteiger charge is 2.47. The summed E-state index contributed by atoms with van der Waals surface area (Å²) in [5, 5.41) is 18.7. The Morgan fingerprint density at radius 2 is 1.02 bits per heavy atom. The lowest BCUT2D eigenvalue weighted by Gasteiger charge is -2.29. The molecule has 0 saturated heterocycles. The molecule has 0 spiro atoms. The van der Waals surface area contributed by atoms with Gasteiger partial charge < -0.3 is 10.2 Å². The molecular formula is C36H26N2O8. The number of carbonyl (C=O) groups is 6. The third kappa shape index (κ3) is 3.96. The standard InChI is InChI=1S/C36H26N2O8/c1-35(2)17-36(3,20-6-8-21(9-7-20)37-29(39)23-11-4-18(33(43)44)14-25(23)31(37)41)28-16-22(10-13-27(28)35)38-30(40)24-12-5-19(34(45)46)15-26(24)32(38)42/h4-16H,17H2,1-3H3,(H,43,44)(H,45,46)/t36-/m0/s1. The first-order valence-corrected chi connectivity index (χ1v) is 14.5. The maximum absolute atomic E-state index is 13.4. The summed E-state index contributed by atoms with van der Waals surface area (Å²) in [5.41, 5.74) is 2.88. The van der Waals surface area contributed by atoms with Crippen LogP contribution in [0.1, 0.15) is 106 Å². The van der Waals surface area contributed by atoms with Crippen molar-refractivity contribution in [3.05, 3.63) is 129 Å². The van der Waals surface area contributed by atoms with E-state index in [0.29, 0.717) is 17.8 Å². The van der Waals surface area contributed by atoms with E-state index in [-0.39, 0.29) is 38.8 Å². The summed E-state index contributed by atoms with van der Waals surface area (Å²) in [6.07, 6.45) is 0.688. The third-order valence-corrected chi connectivity index (χ3v) is 9.41. The van der Waals surface area contributed by atoms with Crippen LogP contribution in [-0.4, -0.2) is 45.8 Å². The second-order valence-corrected chi connectivity index (χ2v) is 12.7. The van der Waals surface area contributed by atoms with E-state index in [9.17, 15) is 39.0 Å². The molecule has 3 aliphatic rings. The minimum Gasteiger partial charge on any atom is -0.478 e. The van der Waals surface area contributed by atoms with Gasteiger partial charge in [-0.3, -0.25) is 19.2 Å². The fourth-order valence-corrected chi connectivity index (χ4v) is 7.24. The Morgan fingerprint density at radius 3 is 1.52 bits per heavy atom. The Kier molecular flexibility index (Phi) is 5.99. The van der Waals surface area contributed by atoms with Gasteiger partial charge in [0.15, 0.2) is 0 Å². The molecule has 4 amide bonds. The van der Waals surface area contributed by atoms with E-state index in [4.69, 9.17) is 0 Å². The van der Waals surface area contributed by atoms with E-state index in [1.165, 1.54) is 36.4 Å². The quantitative estimate of drug-likeness (QED) is 0.273. The molecule has 0 bridgehead atoms. The number of imide groups is 2. The topological polar surface area (TPSA) is 149 Å². The Balaban J connectivity index is 1.24. The zero-order chi connectivity index (χ0) is 32.9. The van der Waals surface area contributed by atoms with E-state index in [1.54, 1.807) is 18.2 Å². The van der Waals surface area contributed by atoms with Crippen LogP contribution >= 0.6 is 0 Å².